The zero-order chi connectivity index (χ0) is 17.8. The molecule has 2 aromatic rings. The van der Waals surface area contributed by atoms with Crippen molar-refractivity contribution < 1.29 is 27.8 Å². The summed E-state index contributed by atoms with van der Waals surface area (Å²) in [6.07, 6.45) is 2.24. The highest BCUT2D eigenvalue weighted by Gasteiger charge is 2.21. The van der Waals surface area contributed by atoms with Gasteiger partial charge >= 0.3 is 6.61 Å². The number of halogens is 2. The number of carbonyl (C=O) groups excluding carboxylic acids is 1. The van der Waals surface area contributed by atoms with Gasteiger partial charge in [0.05, 0.1) is 37.8 Å². The second-order valence-corrected chi connectivity index (χ2v) is 5.30. The minimum Gasteiger partial charge on any atom is -0.493 e. The van der Waals surface area contributed by atoms with Crippen molar-refractivity contribution >= 4 is 11.6 Å². The molecule has 0 aliphatic carbocycles. The molecular formula is C17H16F2N2O4. The lowest BCUT2D eigenvalue weighted by Gasteiger charge is -2.17. The van der Waals surface area contributed by atoms with Crippen molar-refractivity contribution in [3.8, 4) is 11.5 Å². The zero-order valence-corrected chi connectivity index (χ0v) is 13.4. The Morgan fingerprint density at radius 1 is 1.40 bits per heavy atom. The van der Waals surface area contributed by atoms with Crippen LogP contribution in [0.3, 0.4) is 0 Å². The monoisotopic (exact) mass is 350 g/mol. The fourth-order valence-electron chi connectivity index (χ4n) is 2.57. The molecule has 1 aliphatic rings. The number of nitrogens with one attached hydrogen (secondary N) is 1. The number of pyridine rings is 1. The number of alkyl halides is 2. The number of carbonyl (C=O) groups is 1. The van der Waals surface area contributed by atoms with Crippen LogP contribution in [-0.2, 0) is 17.8 Å². The van der Waals surface area contributed by atoms with Gasteiger partial charge in [0.15, 0.2) is 11.5 Å². The summed E-state index contributed by atoms with van der Waals surface area (Å²) in [6.45, 7) is -2.04. The lowest BCUT2D eigenvalue weighted by molar-refractivity contribution is -0.0515. The van der Waals surface area contributed by atoms with E-state index in [0.717, 1.165) is 11.3 Å². The van der Waals surface area contributed by atoms with Crippen LogP contribution in [0.15, 0.2) is 30.5 Å². The molecule has 0 radical (unpaired) electrons. The van der Waals surface area contributed by atoms with Gasteiger partial charge in [0.1, 0.15) is 0 Å². The SMILES string of the molecule is COc1cccc(C(=O)Nc2cnc3c(c2)COCC3)c1OC(F)F. The summed E-state index contributed by atoms with van der Waals surface area (Å²) in [6, 6.07) is 6.09. The Kier molecular flexibility index (Phi) is 5.08. The third-order valence-corrected chi connectivity index (χ3v) is 3.71. The fraction of sp³-hybridized carbons (Fsp3) is 0.294. The standard InChI is InChI=1S/C17H16F2N2O4/c1-23-14-4-2-3-12(15(14)25-17(18)19)16(22)21-11-7-10-9-24-6-5-13(10)20-8-11/h2-4,7-8,17H,5-6,9H2,1H3,(H,21,22). The third-order valence-electron chi connectivity index (χ3n) is 3.71. The second-order valence-electron chi connectivity index (χ2n) is 5.30. The first-order chi connectivity index (χ1) is 12.1. The van der Waals surface area contributed by atoms with Gasteiger partial charge in [-0.25, -0.2) is 0 Å². The van der Waals surface area contributed by atoms with Crippen LogP contribution in [-0.4, -0.2) is 31.2 Å². The van der Waals surface area contributed by atoms with Gasteiger partial charge in [-0.1, -0.05) is 6.07 Å². The Bertz CT molecular complexity index is 783. The van der Waals surface area contributed by atoms with Crippen LogP contribution in [0.2, 0.25) is 0 Å². The van der Waals surface area contributed by atoms with Gasteiger partial charge in [0.25, 0.3) is 5.91 Å². The van der Waals surface area contributed by atoms with Crippen LogP contribution in [0.1, 0.15) is 21.6 Å². The number of anilines is 1. The molecule has 3 rings (SSSR count). The number of fused-ring (bicyclic) bond motifs is 1. The van der Waals surface area contributed by atoms with Crippen molar-refractivity contribution in [1.29, 1.82) is 0 Å². The van der Waals surface area contributed by atoms with E-state index in [2.05, 4.69) is 15.0 Å². The highest BCUT2D eigenvalue weighted by Crippen LogP contribution is 2.33. The molecule has 0 fully saturated rings. The topological polar surface area (TPSA) is 69.7 Å². The predicted molar refractivity (Wildman–Crippen MR) is 85.2 cm³/mol. The number of rotatable bonds is 5. The van der Waals surface area contributed by atoms with Crippen LogP contribution >= 0.6 is 0 Å². The molecule has 6 nitrogen and oxygen atoms in total. The van der Waals surface area contributed by atoms with Crippen molar-refractivity contribution in [1.82, 2.24) is 4.98 Å². The second kappa shape index (κ2) is 7.43. The quantitative estimate of drug-likeness (QED) is 0.898. The summed E-state index contributed by atoms with van der Waals surface area (Å²) in [5.41, 5.74) is 2.19. The zero-order valence-electron chi connectivity index (χ0n) is 13.4. The molecule has 0 atom stereocenters. The number of benzene rings is 1. The van der Waals surface area contributed by atoms with Crippen LogP contribution < -0.4 is 14.8 Å². The number of nitrogens with zero attached hydrogens (tertiary/aromatic N) is 1. The van der Waals surface area contributed by atoms with Gasteiger partial charge in [-0.15, -0.1) is 0 Å². The summed E-state index contributed by atoms with van der Waals surface area (Å²) < 4.78 is 40.1. The van der Waals surface area contributed by atoms with Gasteiger partial charge in [-0.05, 0) is 18.2 Å². The number of para-hydroxylation sites is 1. The van der Waals surface area contributed by atoms with Crippen molar-refractivity contribution in [2.45, 2.75) is 19.6 Å². The molecule has 0 saturated carbocycles. The third kappa shape index (κ3) is 3.85. The highest BCUT2D eigenvalue weighted by molar-refractivity contribution is 6.06. The van der Waals surface area contributed by atoms with Crippen molar-refractivity contribution in [2.75, 3.05) is 19.0 Å². The molecule has 0 unspecified atom stereocenters. The minimum atomic E-state index is -3.08. The van der Waals surface area contributed by atoms with Gasteiger partial charge < -0.3 is 19.5 Å². The molecule has 1 aromatic carbocycles. The fourth-order valence-corrected chi connectivity index (χ4v) is 2.57. The Morgan fingerprint density at radius 2 is 2.24 bits per heavy atom. The van der Waals surface area contributed by atoms with Gasteiger partial charge in [0.2, 0.25) is 0 Å². The molecule has 1 aromatic heterocycles. The number of aromatic nitrogens is 1. The molecule has 25 heavy (non-hydrogen) atoms. The lowest BCUT2D eigenvalue weighted by atomic mass is 10.1. The maximum Gasteiger partial charge on any atom is 0.387 e. The Morgan fingerprint density at radius 3 is 3.00 bits per heavy atom. The summed E-state index contributed by atoms with van der Waals surface area (Å²) in [7, 11) is 1.31. The van der Waals surface area contributed by atoms with Crippen molar-refractivity contribution in [3.63, 3.8) is 0 Å². The maximum atomic E-state index is 12.7. The molecule has 0 bridgehead atoms. The van der Waals surface area contributed by atoms with Crippen LogP contribution in [0.4, 0.5) is 14.5 Å². The maximum absolute atomic E-state index is 12.7. The Hall–Kier alpha value is -2.74. The minimum absolute atomic E-state index is 0.0462. The van der Waals surface area contributed by atoms with E-state index in [-0.39, 0.29) is 17.1 Å². The molecule has 1 N–H and O–H groups in total. The predicted octanol–water partition coefficient (Wildman–Crippen LogP) is 3.02. The summed E-state index contributed by atoms with van der Waals surface area (Å²) in [5.74, 6) is -0.871. The molecule has 1 aliphatic heterocycles. The number of methoxy groups -OCH3 is 1. The van der Waals surface area contributed by atoms with Crippen LogP contribution in [0.5, 0.6) is 11.5 Å². The van der Waals surface area contributed by atoms with E-state index in [0.29, 0.717) is 25.3 Å². The highest BCUT2D eigenvalue weighted by atomic mass is 19.3. The van der Waals surface area contributed by atoms with Crippen LogP contribution in [0, 0.1) is 0 Å². The molecule has 1 amide bonds. The largest absolute Gasteiger partial charge is 0.493 e. The number of hydrogen-bond donors (Lipinski definition) is 1. The van der Waals surface area contributed by atoms with E-state index in [1.54, 1.807) is 6.07 Å². The van der Waals surface area contributed by atoms with Crippen molar-refractivity contribution in [2.24, 2.45) is 0 Å². The van der Waals surface area contributed by atoms with Gasteiger partial charge in [-0.3, -0.25) is 9.78 Å². The average Bonchev–Trinajstić information content (AvgIpc) is 2.61. The summed E-state index contributed by atoms with van der Waals surface area (Å²) in [4.78, 5) is 16.8. The molecule has 0 spiro atoms. The number of hydrogen-bond acceptors (Lipinski definition) is 5. The Balaban J connectivity index is 1.86. The first-order valence-electron chi connectivity index (χ1n) is 7.57. The number of ether oxygens (including phenoxy) is 3. The Labute approximate surface area is 142 Å². The first-order valence-corrected chi connectivity index (χ1v) is 7.57. The van der Waals surface area contributed by atoms with E-state index in [1.807, 2.05) is 0 Å². The molecule has 132 valence electrons. The van der Waals surface area contributed by atoms with Crippen LogP contribution in [0.25, 0.3) is 0 Å². The lowest BCUT2D eigenvalue weighted by Crippen LogP contribution is -2.17. The summed E-state index contributed by atoms with van der Waals surface area (Å²) >= 11 is 0. The van der Waals surface area contributed by atoms with E-state index < -0.39 is 12.5 Å². The molecule has 0 saturated heterocycles. The molecule has 2 heterocycles. The van der Waals surface area contributed by atoms with Gasteiger partial charge in [-0.2, -0.15) is 8.78 Å². The smallest absolute Gasteiger partial charge is 0.387 e. The van der Waals surface area contributed by atoms with E-state index >= 15 is 0 Å². The average molecular weight is 350 g/mol. The van der Waals surface area contributed by atoms with Crippen molar-refractivity contribution in [3.05, 3.63) is 47.3 Å². The summed E-state index contributed by atoms with van der Waals surface area (Å²) in [5, 5.41) is 2.64. The van der Waals surface area contributed by atoms with Gasteiger partial charge in [0, 0.05) is 17.7 Å². The number of amides is 1. The normalized spacial score (nSPS) is 13.3. The van der Waals surface area contributed by atoms with E-state index in [9.17, 15) is 13.6 Å². The molecule has 8 heteroatoms. The van der Waals surface area contributed by atoms with E-state index in [4.69, 9.17) is 9.47 Å². The first kappa shape index (κ1) is 17.1. The van der Waals surface area contributed by atoms with E-state index in [1.165, 1.54) is 31.5 Å². The molecular weight excluding hydrogens is 334 g/mol.